The third-order valence-corrected chi connectivity index (χ3v) is 4.84. The van der Waals surface area contributed by atoms with E-state index >= 15 is 0 Å². The monoisotopic (exact) mass is 406 g/mol. The highest BCUT2D eigenvalue weighted by molar-refractivity contribution is 7.89. The van der Waals surface area contributed by atoms with Gasteiger partial charge in [-0.2, -0.15) is 0 Å². The van der Waals surface area contributed by atoms with Crippen LogP contribution in [-0.2, 0) is 10.0 Å². The van der Waals surface area contributed by atoms with Crippen molar-refractivity contribution in [3.63, 3.8) is 0 Å². The lowest BCUT2D eigenvalue weighted by atomic mass is 10.0. The van der Waals surface area contributed by atoms with Gasteiger partial charge in [-0.3, -0.25) is 9.79 Å². The van der Waals surface area contributed by atoms with Crippen molar-refractivity contribution in [3.8, 4) is 0 Å². The lowest BCUT2D eigenvalue weighted by molar-refractivity contribution is 0.0939. The summed E-state index contributed by atoms with van der Waals surface area (Å²) in [6, 6.07) is 12.3. The van der Waals surface area contributed by atoms with Crippen molar-refractivity contribution < 1.29 is 17.6 Å². The number of carbonyl (C=O) groups excluding carboxylic acids is 1. The summed E-state index contributed by atoms with van der Waals surface area (Å²) in [6.45, 7) is 5.67. The first-order valence-corrected chi connectivity index (χ1v) is 10.5. The molecule has 152 valence electrons. The normalized spacial score (nSPS) is 11.8. The van der Waals surface area contributed by atoms with Crippen molar-refractivity contribution >= 4 is 21.5 Å². The molecule has 0 aromatic heterocycles. The van der Waals surface area contributed by atoms with E-state index in [0.29, 0.717) is 5.56 Å². The van der Waals surface area contributed by atoms with Crippen LogP contribution in [0.5, 0.6) is 0 Å². The molecule has 2 aromatic carbocycles. The molecule has 0 atom stereocenters. The number of benzene rings is 2. The molecule has 28 heavy (non-hydrogen) atoms. The zero-order chi connectivity index (χ0) is 21.3. The van der Waals surface area contributed by atoms with Gasteiger partial charge in [-0.1, -0.05) is 51.5 Å². The predicted molar refractivity (Wildman–Crippen MR) is 111 cm³/mol. The third-order valence-electron chi connectivity index (χ3n) is 3.91. The van der Waals surface area contributed by atoms with Crippen molar-refractivity contribution in [2.24, 2.45) is 16.0 Å². The topological polar surface area (TPSA) is 89.6 Å². The molecule has 0 aliphatic carbocycles. The molecule has 2 rings (SSSR count). The van der Waals surface area contributed by atoms with Gasteiger partial charge in [-0.15, -0.1) is 0 Å². The van der Waals surface area contributed by atoms with E-state index < -0.39 is 10.0 Å². The lowest BCUT2D eigenvalue weighted by Gasteiger charge is -2.05. The Morgan fingerprint density at radius 1 is 1.11 bits per heavy atom. The number of ketones is 1. The van der Waals surface area contributed by atoms with Crippen LogP contribution in [0.2, 0.25) is 0 Å². The van der Waals surface area contributed by atoms with Crippen molar-refractivity contribution in [2.75, 3.05) is 7.05 Å². The molecule has 0 amide bonds. The Morgan fingerprint density at radius 2 is 1.71 bits per heavy atom. The van der Waals surface area contributed by atoms with E-state index in [4.69, 9.17) is 5.14 Å². The zero-order valence-electron chi connectivity index (χ0n) is 16.6. The molecule has 0 heterocycles. The molecule has 7 heteroatoms. The van der Waals surface area contributed by atoms with Gasteiger partial charge in [-0.05, 0) is 36.2 Å². The fourth-order valence-electron chi connectivity index (χ4n) is 2.43. The van der Waals surface area contributed by atoms with Gasteiger partial charge in [0.1, 0.15) is 5.82 Å². The molecule has 0 unspecified atom stereocenters. The van der Waals surface area contributed by atoms with Crippen LogP contribution in [-0.4, -0.2) is 27.0 Å². The number of Topliss-reactive ketones (excluding diaryl/α,β-unsaturated/α-hetero) is 1. The quantitative estimate of drug-likeness (QED) is 0.575. The number of rotatable bonds is 6. The summed E-state index contributed by atoms with van der Waals surface area (Å²) in [6.07, 6.45) is 1.88. The Morgan fingerprint density at radius 3 is 2.14 bits per heavy atom. The van der Waals surface area contributed by atoms with E-state index in [9.17, 15) is 17.6 Å². The minimum Gasteiger partial charge on any atom is -0.294 e. The molecule has 0 radical (unpaired) electrons. The van der Waals surface area contributed by atoms with Gasteiger partial charge in [0.25, 0.3) is 0 Å². The molecular weight excluding hydrogens is 379 g/mol. The highest BCUT2D eigenvalue weighted by Gasteiger charge is 2.10. The molecular formula is C21H27FN2O3S. The van der Waals surface area contributed by atoms with Crippen LogP contribution in [0.4, 0.5) is 4.39 Å². The Labute approximate surface area is 166 Å². The summed E-state index contributed by atoms with van der Waals surface area (Å²) in [5.74, 6) is -0.456. The molecule has 2 aromatic rings. The first-order chi connectivity index (χ1) is 13.1. The number of aliphatic imine (C=N–C) groups is 1. The van der Waals surface area contributed by atoms with Crippen LogP contribution in [0.3, 0.4) is 0 Å². The van der Waals surface area contributed by atoms with Crippen molar-refractivity contribution in [1.82, 2.24) is 0 Å². The van der Waals surface area contributed by atoms with Crippen LogP contribution in [0.25, 0.3) is 0 Å². The average molecular weight is 407 g/mol. The third kappa shape index (κ3) is 7.32. The largest absolute Gasteiger partial charge is 0.294 e. The van der Waals surface area contributed by atoms with Crippen molar-refractivity contribution in [1.29, 1.82) is 0 Å². The number of sulfonamides is 1. The second-order valence-corrected chi connectivity index (χ2v) is 8.08. The van der Waals surface area contributed by atoms with E-state index in [2.05, 4.69) is 11.9 Å². The number of halogens is 1. The number of nitrogens with two attached hydrogens (primary N) is 1. The highest BCUT2D eigenvalue weighted by Crippen LogP contribution is 2.12. The number of hydrogen-bond donors (Lipinski definition) is 1. The van der Waals surface area contributed by atoms with Gasteiger partial charge < -0.3 is 0 Å². The Hall–Kier alpha value is -2.38. The second kappa shape index (κ2) is 10.8. The fourth-order valence-corrected chi connectivity index (χ4v) is 2.95. The van der Waals surface area contributed by atoms with Crippen LogP contribution < -0.4 is 5.14 Å². The highest BCUT2D eigenvalue weighted by atomic mass is 32.2. The Bertz CT molecular complexity index is 921. The molecule has 0 fully saturated rings. The van der Waals surface area contributed by atoms with Gasteiger partial charge in [0.2, 0.25) is 10.0 Å². The maximum Gasteiger partial charge on any atom is 0.238 e. The van der Waals surface area contributed by atoms with Gasteiger partial charge in [-0.25, -0.2) is 17.9 Å². The molecule has 0 spiro atoms. The fraction of sp³-hybridized carbons (Fsp3) is 0.333. The maximum atomic E-state index is 12.6. The van der Waals surface area contributed by atoms with Crippen LogP contribution in [0.15, 0.2) is 58.4 Å². The van der Waals surface area contributed by atoms with Gasteiger partial charge >= 0.3 is 0 Å². The number of nitrogens with zero attached hydrogens (tertiary/aromatic N) is 1. The standard InChI is InChI=1S/C11H16N2O2S.C10H11FO/c1-3-4-11(13-2)9-5-7-10(8-6-9)16(12,14)15;1-7(2)10(12)8-4-3-5-9(11)6-8/h5-8H,3-4H2,1-2H3,(H2,12,14,15);3-7H,1-2H3. The van der Waals surface area contributed by atoms with E-state index in [1.807, 2.05) is 0 Å². The zero-order valence-corrected chi connectivity index (χ0v) is 17.5. The maximum absolute atomic E-state index is 12.6. The molecule has 0 saturated heterocycles. The van der Waals surface area contributed by atoms with Gasteiger partial charge in [0.15, 0.2) is 5.78 Å². The van der Waals surface area contributed by atoms with E-state index in [0.717, 1.165) is 24.1 Å². The summed E-state index contributed by atoms with van der Waals surface area (Å²) in [5.41, 5.74) is 2.37. The summed E-state index contributed by atoms with van der Waals surface area (Å²) in [4.78, 5) is 15.6. The van der Waals surface area contributed by atoms with Gasteiger partial charge in [0, 0.05) is 24.2 Å². The van der Waals surface area contributed by atoms with E-state index in [1.54, 1.807) is 45.2 Å². The minimum absolute atomic E-state index is 0.0190. The summed E-state index contributed by atoms with van der Waals surface area (Å²) < 4.78 is 34.8. The first kappa shape index (κ1) is 23.7. The second-order valence-electron chi connectivity index (χ2n) is 6.52. The van der Waals surface area contributed by atoms with Crippen LogP contribution in [0, 0.1) is 11.7 Å². The minimum atomic E-state index is -3.60. The SMILES string of the molecule is CC(C)C(=O)c1cccc(F)c1.CCCC(=NC)c1ccc(S(N)(=O)=O)cc1. The summed E-state index contributed by atoms with van der Waals surface area (Å²) >= 11 is 0. The molecule has 2 N–H and O–H groups in total. The summed E-state index contributed by atoms with van der Waals surface area (Å²) in [7, 11) is -1.87. The van der Waals surface area contributed by atoms with Crippen molar-refractivity contribution in [3.05, 3.63) is 65.5 Å². The smallest absolute Gasteiger partial charge is 0.238 e. The van der Waals surface area contributed by atoms with Crippen LogP contribution in [0.1, 0.15) is 49.5 Å². The predicted octanol–water partition coefficient (Wildman–Crippen LogP) is 4.22. The van der Waals surface area contributed by atoms with Crippen molar-refractivity contribution in [2.45, 2.75) is 38.5 Å². The molecule has 0 saturated carbocycles. The van der Waals surface area contributed by atoms with Gasteiger partial charge in [0.05, 0.1) is 4.90 Å². The molecule has 5 nitrogen and oxygen atoms in total. The molecule has 0 aliphatic rings. The summed E-state index contributed by atoms with van der Waals surface area (Å²) in [5, 5.41) is 5.02. The Balaban J connectivity index is 0.000000292. The lowest BCUT2D eigenvalue weighted by Crippen LogP contribution is -2.12. The van der Waals surface area contributed by atoms with Crippen LogP contribution >= 0.6 is 0 Å². The first-order valence-electron chi connectivity index (χ1n) is 8.98. The van der Waals surface area contributed by atoms with E-state index in [-0.39, 0.29) is 22.4 Å². The number of primary sulfonamides is 1. The molecule has 0 bridgehead atoms. The molecule has 0 aliphatic heterocycles. The Kier molecular flexibility index (Phi) is 9.15. The van der Waals surface area contributed by atoms with E-state index in [1.165, 1.54) is 24.3 Å². The number of carbonyl (C=O) groups is 1. The number of hydrogen-bond acceptors (Lipinski definition) is 4. The average Bonchev–Trinajstić information content (AvgIpc) is 2.65.